The molecule has 0 spiro atoms. The maximum Gasteiger partial charge on any atom is 0.306 e. The van der Waals surface area contributed by atoms with Crippen molar-refractivity contribution in [3.63, 3.8) is 0 Å². The van der Waals surface area contributed by atoms with Crippen LogP contribution in [0.1, 0.15) is 53.5 Å². The van der Waals surface area contributed by atoms with Gasteiger partial charge in [-0.1, -0.05) is 25.6 Å². The summed E-state index contributed by atoms with van der Waals surface area (Å²) in [6.07, 6.45) is 1.31. The van der Waals surface area contributed by atoms with Gasteiger partial charge in [0.15, 0.2) is 5.71 Å². The fourth-order valence-electron chi connectivity index (χ4n) is 2.85. The van der Waals surface area contributed by atoms with E-state index in [4.69, 9.17) is 4.74 Å². The molecule has 0 unspecified atom stereocenters. The zero-order chi connectivity index (χ0) is 14.8. The SMILES string of the molecule is C.CCOC(=O)CCC[N+]1=C(C)C(C)(C)c2ccccc21.[I-]. The second-order valence-corrected chi connectivity index (χ2v) is 5.79. The Bertz CT molecular complexity index is 550. The number of halogens is 1. The van der Waals surface area contributed by atoms with Gasteiger partial charge in [0.1, 0.15) is 6.54 Å². The Labute approximate surface area is 151 Å². The first-order chi connectivity index (χ1) is 9.48. The van der Waals surface area contributed by atoms with Crippen LogP contribution in [0.25, 0.3) is 0 Å². The van der Waals surface area contributed by atoms with E-state index in [0.717, 1.165) is 13.0 Å². The van der Waals surface area contributed by atoms with E-state index in [1.54, 1.807) is 0 Å². The Hall–Kier alpha value is -0.910. The number of esters is 1. The Morgan fingerprint density at radius 3 is 2.55 bits per heavy atom. The lowest BCUT2D eigenvalue weighted by Crippen LogP contribution is -3.00. The highest BCUT2D eigenvalue weighted by Crippen LogP contribution is 2.39. The molecule has 0 saturated heterocycles. The van der Waals surface area contributed by atoms with Crippen molar-refractivity contribution < 1.29 is 38.1 Å². The third-order valence-corrected chi connectivity index (χ3v) is 4.25. The predicted octanol–water partition coefficient (Wildman–Crippen LogP) is 1.07. The highest BCUT2D eigenvalue weighted by Gasteiger charge is 2.42. The van der Waals surface area contributed by atoms with E-state index in [-0.39, 0.29) is 42.8 Å². The molecule has 0 aliphatic carbocycles. The number of ether oxygens (including phenoxy) is 1. The number of carbonyl (C=O) groups is 1. The summed E-state index contributed by atoms with van der Waals surface area (Å²) < 4.78 is 7.32. The summed E-state index contributed by atoms with van der Waals surface area (Å²) in [6.45, 7) is 9.87. The first-order valence-corrected chi connectivity index (χ1v) is 7.35. The molecule has 2 rings (SSSR count). The van der Waals surface area contributed by atoms with Crippen LogP contribution in [-0.4, -0.2) is 29.4 Å². The number of carbonyl (C=O) groups excluding carboxylic acids is 1. The molecule has 124 valence electrons. The highest BCUT2D eigenvalue weighted by atomic mass is 127. The van der Waals surface area contributed by atoms with Crippen LogP contribution in [-0.2, 0) is 14.9 Å². The zero-order valence-electron chi connectivity index (χ0n) is 13.3. The number of fused-ring (bicyclic) bond motifs is 1. The summed E-state index contributed by atoms with van der Waals surface area (Å²) in [5, 5.41) is 0. The van der Waals surface area contributed by atoms with Crippen LogP contribution in [0.5, 0.6) is 0 Å². The molecule has 0 fully saturated rings. The van der Waals surface area contributed by atoms with Gasteiger partial charge in [0.2, 0.25) is 5.69 Å². The predicted molar refractivity (Wildman–Crippen MR) is 87.5 cm³/mol. The summed E-state index contributed by atoms with van der Waals surface area (Å²) in [4.78, 5) is 11.4. The van der Waals surface area contributed by atoms with Gasteiger partial charge in [-0.2, -0.15) is 4.58 Å². The summed E-state index contributed by atoms with van der Waals surface area (Å²) in [5.41, 5.74) is 4.07. The second kappa shape index (κ2) is 8.65. The molecule has 0 radical (unpaired) electrons. The number of para-hydroxylation sites is 1. The Morgan fingerprint density at radius 1 is 1.27 bits per heavy atom. The molecule has 0 aromatic heterocycles. The van der Waals surface area contributed by atoms with Crippen molar-refractivity contribution in [3.05, 3.63) is 29.8 Å². The molecule has 22 heavy (non-hydrogen) atoms. The lowest BCUT2D eigenvalue weighted by atomic mass is 9.82. The molecule has 0 bridgehead atoms. The van der Waals surface area contributed by atoms with E-state index in [1.165, 1.54) is 17.0 Å². The molecule has 1 heterocycles. The number of benzene rings is 1. The van der Waals surface area contributed by atoms with Gasteiger partial charge in [-0.05, 0) is 20.8 Å². The van der Waals surface area contributed by atoms with Crippen LogP contribution in [0.15, 0.2) is 24.3 Å². The summed E-state index contributed by atoms with van der Waals surface area (Å²) in [5.74, 6) is -0.100. The molecular formula is C18H28INO2. The van der Waals surface area contributed by atoms with Crippen molar-refractivity contribution >= 4 is 17.4 Å². The Balaban J connectivity index is 0.00000220. The van der Waals surface area contributed by atoms with E-state index in [2.05, 4.69) is 49.6 Å². The average molecular weight is 417 g/mol. The quantitative estimate of drug-likeness (QED) is 0.408. The fourth-order valence-corrected chi connectivity index (χ4v) is 2.85. The minimum absolute atomic E-state index is 0. The molecule has 4 heteroatoms. The molecule has 1 aromatic rings. The van der Waals surface area contributed by atoms with Crippen LogP contribution in [0.3, 0.4) is 0 Å². The minimum Gasteiger partial charge on any atom is -1.00 e. The van der Waals surface area contributed by atoms with Crippen LogP contribution >= 0.6 is 0 Å². The van der Waals surface area contributed by atoms with Gasteiger partial charge in [0.25, 0.3) is 0 Å². The molecule has 0 atom stereocenters. The Kier molecular flexibility index (Phi) is 8.29. The van der Waals surface area contributed by atoms with Gasteiger partial charge in [0.05, 0.1) is 18.4 Å². The summed E-state index contributed by atoms with van der Waals surface area (Å²) in [7, 11) is 0. The maximum atomic E-state index is 11.4. The van der Waals surface area contributed by atoms with Crippen molar-refractivity contribution in [1.82, 2.24) is 0 Å². The summed E-state index contributed by atoms with van der Waals surface area (Å²) >= 11 is 0. The van der Waals surface area contributed by atoms with Crippen molar-refractivity contribution in [2.45, 2.75) is 53.4 Å². The maximum absolute atomic E-state index is 11.4. The molecule has 0 saturated carbocycles. The van der Waals surface area contributed by atoms with Crippen molar-refractivity contribution in [2.75, 3.05) is 13.2 Å². The van der Waals surface area contributed by atoms with Crippen molar-refractivity contribution in [3.8, 4) is 0 Å². The van der Waals surface area contributed by atoms with Crippen molar-refractivity contribution in [1.29, 1.82) is 0 Å². The monoisotopic (exact) mass is 417 g/mol. The largest absolute Gasteiger partial charge is 1.00 e. The third kappa shape index (κ3) is 4.09. The van der Waals surface area contributed by atoms with Crippen LogP contribution in [0.4, 0.5) is 5.69 Å². The van der Waals surface area contributed by atoms with E-state index < -0.39 is 0 Å². The molecule has 1 aromatic carbocycles. The Morgan fingerprint density at radius 2 is 1.91 bits per heavy atom. The standard InChI is InChI=1S/C17H24NO2.CH4.HI/c1-5-20-16(19)11-8-12-18-13(2)17(3,4)14-9-6-7-10-15(14)18;;/h6-7,9-10H,5,8,11-12H2,1-4H3;1H4;1H/q+1;;/p-1. The molecule has 3 nitrogen and oxygen atoms in total. The lowest BCUT2D eigenvalue weighted by molar-refractivity contribution is -0.439. The zero-order valence-corrected chi connectivity index (χ0v) is 15.4. The van der Waals surface area contributed by atoms with Crippen LogP contribution in [0, 0.1) is 0 Å². The van der Waals surface area contributed by atoms with Crippen LogP contribution < -0.4 is 24.0 Å². The van der Waals surface area contributed by atoms with E-state index >= 15 is 0 Å². The molecule has 1 aliphatic heterocycles. The highest BCUT2D eigenvalue weighted by molar-refractivity contribution is 5.93. The van der Waals surface area contributed by atoms with Crippen molar-refractivity contribution in [2.24, 2.45) is 0 Å². The van der Waals surface area contributed by atoms with Gasteiger partial charge >= 0.3 is 5.97 Å². The van der Waals surface area contributed by atoms with Gasteiger partial charge in [0, 0.05) is 25.0 Å². The third-order valence-electron chi connectivity index (χ3n) is 4.25. The van der Waals surface area contributed by atoms with Gasteiger partial charge in [-0.15, -0.1) is 0 Å². The minimum atomic E-state index is -0.100. The van der Waals surface area contributed by atoms with E-state index in [0.29, 0.717) is 13.0 Å². The smallest absolute Gasteiger partial charge is 0.306 e. The second-order valence-electron chi connectivity index (χ2n) is 5.79. The molecular weight excluding hydrogens is 389 g/mol. The number of nitrogens with zero attached hydrogens (tertiary/aromatic N) is 1. The number of hydrogen-bond acceptors (Lipinski definition) is 2. The van der Waals surface area contributed by atoms with E-state index in [1.807, 2.05) is 6.92 Å². The molecule has 0 amide bonds. The number of rotatable bonds is 5. The molecule has 0 N–H and O–H groups in total. The van der Waals surface area contributed by atoms with E-state index in [9.17, 15) is 4.79 Å². The normalized spacial score (nSPS) is 14.7. The summed E-state index contributed by atoms with van der Waals surface area (Å²) in [6, 6.07) is 8.53. The number of hydrogen-bond donors (Lipinski definition) is 0. The topological polar surface area (TPSA) is 29.3 Å². The van der Waals surface area contributed by atoms with Crippen LogP contribution in [0.2, 0.25) is 0 Å². The first kappa shape index (κ1) is 21.1. The fraction of sp³-hybridized carbons (Fsp3) is 0.556. The average Bonchev–Trinajstić information content (AvgIpc) is 2.61. The van der Waals surface area contributed by atoms with Gasteiger partial charge in [-0.3, -0.25) is 4.79 Å². The molecule has 1 aliphatic rings. The first-order valence-electron chi connectivity index (χ1n) is 7.35. The lowest BCUT2D eigenvalue weighted by Gasteiger charge is -2.14. The van der Waals surface area contributed by atoms with Gasteiger partial charge in [-0.25, -0.2) is 0 Å². The van der Waals surface area contributed by atoms with Gasteiger partial charge < -0.3 is 28.7 Å².